The van der Waals surface area contributed by atoms with E-state index in [4.69, 9.17) is 0 Å². The second-order valence-corrected chi connectivity index (χ2v) is 3.72. The molecule has 0 N–H and O–H groups in total. The highest BCUT2D eigenvalue weighted by atomic mass is 19.4. The quantitative estimate of drug-likeness (QED) is 0.601. The highest BCUT2D eigenvalue weighted by molar-refractivity contribution is 6.04. The van der Waals surface area contributed by atoms with Crippen molar-refractivity contribution in [1.29, 1.82) is 0 Å². The molecule has 0 bridgehead atoms. The van der Waals surface area contributed by atoms with Crippen molar-refractivity contribution in [3.8, 4) is 0 Å². The molecular formula is C12H12F3NO. The number of nitrogens with zero attached hydrogens (tertiary/aromatic N) is 1. The summed E-state index contributed by atoms with van der Waals surface area (Å²) in [6, 6.07) is 4.14. The molecule has 1 aromatic rings. The average molecular weight is 243 g/mol. The van der Waals surface area contributed by atoms with Gasteiger partial charge in [-0.15, -0.1) is 0 Å². The molecule has 0 radical (unpaired) electrons. The SMILES string of the molecule is CN(C)C=CC(=O)c1ccc(C(F)(F)F)cc1. The average Bonchev–Trinajstić information content (AvgIpc) is 2.25. The van der Waals surface area contributed by atoms with Crippen LogP contribution in [0.5, 0.6) is 0 Å². The van der Waals surface area contributed by atoms with Gasteiger partial charge in [0.2, 0.25) is 0 Å². The minimum absolute atomic E-state index is 0.233. The van der Waals surface area contributed by atoms with Gasteiger partial charge in [0.1, 0.15) is 0 Å². The van der Waals surface area contributed by atoms with Gasteiger partial charge in [-0.05, 0) is 12.1 Å². The first-order valence-electron chi connectivity index (χ1n) is 4.87. The van der Waals surface area contributed by atoms with E-state index in [9.17, 15) is 18.0 Å². The molecule has 0 aliphatic rings. The van der Waals surface area contributed by atoms with Crippen molar-refractivity contribution < 1.29 is 18.0 Å². The van der Waals surface area contributed by atoms with Crippen molar-refractivity contribution in [2.24, 2.45) is 0 Å². The molecule has 0 atom stereocenters. The Morgan fingerprint density at radius 1 is 1.18 bits per heavy atom. The van der Waals surface area contributed by atoms with Crippen LogP contribution in [0, 0.1) is 0 Å². The number of halogens is 3. The Kier molecular flexibility index (Phi) is 3.93. The largest absolute Gasteiger partial charge is 0.416 e. The highest BCUT2D eigenvalue weighted by Gasteiger charge is 2.30. The fraction of sp³-hybridized carbons (Fsp3) is 0.250. The topological polar surface area (TPSA) is 20.3 Å². The van der Waals surface area contributed by atoms with E-state index < -0.39 is 11.7 Å². The first-order valence-corrected chi connectivity index (χ1v) is 4.87. The van der Waals surface area contributed by atoms with Crippen LogP contribution in [0.2, 0.25) is 0 Å². The molecule has 1 rings (SSSR count). The van der Waals surface area contributed by atoms with Gasteiger partial charge in [-0.2, -0.15) is 13.2 Å². The lowest BCUT2D eigenvalue weighted by molar-refractivity contribution is -0.137. The number of benzene rings is 1. The van der Waals surface area contributed by atoms with Crippen LogP contribution in [0.3, 0.4) is 0 Å². The van der Waals surface area contributed by atoms with E-state index in [0.29, 0.717) is 0 Å². The maximum absolute atomic E-state index is 12.3. The predicted octanol–water partition coefficient (Wildman–Crippen LogP) is 2.96. The summed E-state index contributed by atoms with van der Waals surface area (Å²) >= 11 is 0. The molecule has 0 amide bonds. The summed E-state index contributed by atoms with van der Waals surface area (Å²) in [6.07, 6.45) is -1.52. The van der Waals surface area contributed by atoms with Crippen molar-refractivity contribution in [3.63, 3.8) is 0 Å². The molecule has 2 nitrogen and oxygen atoms in total. The van der Waals surface area contributed by atoms with Gasteiger partial charge in [0.05, 0.1) is 5.56 Å². The van der Waals surface area contributed by atoms with Crippen LogP contribution in [0.1, 0.15) is 15.9 Å². The third kappa shape index (κ3) is 3.94. The fourth-order valence-electron chi connectivity index (χ4n) is 1.14. The van der Waals surface area contributed by atoms with Gasteiger partial charge in [0.15, 0.2) is 5.78 Å². The zero-order chi connectivity index (χ0) is 13.1. The first-order chi connectivity index (χ1) is 7.80. The number of hydrogen-bond donors (Lipinski definition) is 0. The van der Waals surface area contributed by atoms with E-state index in [1.165, 1.54) is 18.2 Å². The van der Waals surface area contributed by atoms with Gasteiger partial charge >= 0.3 is 6.18 Å². The summed E-state index contributed by atoms with van der Waals surface area (Å²) in [4.78, 5) is 13.2. The minimum Gasteiger partial charge on any atom is -0.383 e. The van der Waals surface area contributed by atoms with Gasteiger partial charge in [0, 0.05) is 31.9 Å². The minimum atomic E-state index is -4.37. The Bertz CT molecular complexity index is 418. The van der Waals surface area contributed by atoms with E-state index in [2.05, 4.69) is 0 Å². The Balaban J connectivity index is 2.85. The number of carbonyl (C=O) groups excluding carboxylic acids is 1. The lowest BCUT2D eigenvalue weighted by atomic mass is 10.1. The van der Waals surface area contributed by atoms with Crippen LogP contribution in [-0.4, -0.2) is 24.8 Å². The molecule has 0 unspecified atom stereocenters. The standard InChI is InChI=1S/C12H12F3NO/c1-16(2)8-7-11(17)9-3-5-10(6-4-9)12(13,14)15/h3-8H,1-2H3. The maximum atomic E-state index is 12.3. The van der Waals surface area contributed by atoms with Crippen LogP contribution in [-0.2, 0) is 6.18 Å². The van der Waals surface area contributed by atoms with Crippen molar-refractivity contribution >= 4 is 5.78 Å². The van der Waals surface area contributed by atoms with E-state index in [1.807, 2.05) is 0 Å². The number of alkyl halides is 3. The molecule has 92 valence electrons. The monoisotopic (exact) mass is 243 g/mol. The summed E-state index contributed by atoms with van der Waals surface area (Å²) in [5.74, 6) is -0.326. The van der Waals surface area contributed by atoms with Crippen molar-refractivity contribution in [2.75, 3.05) is 14.1 Å². The molecule has 0 spiro atoms. The Morgan fingerprint density at radius 2 is 1.71 bits per heavy atom. The highest BCUT2D eigenvalue weighted by Crippen LogP contribution is 2.29. The molecule has 0 heterocycles. The lowest BCUT2D eigenvalue weighted by Crippen LogP contribution is -2.06. The number of carbonyl (C=O) groups is 1. The summed E-state index contributed by atoms with van der Waals surface area (Å²) in [6.45, 7) is 0. The number of hydrogen-bond acceptors (Lipinski definition) is 2. The fourth-order valence-corrected chi connectivity index (χ4v) is 1.14. The lowest BCUT2D eigenvalue weighted by Gasteiger charge is -2.06. The van der Waals surface area contributed by atoms with E-state index in [0.717, 1.165) is 12.1 Å². The van der Waals surface area contributed by atoms with Crippen LogP contribution in [0.25, 0.3) is 0 Å². The molecule has 17 heavy (non-hydrogen) atoms. The Hall–Kier alpha value is -1.78. The summed E-state index contributed by atoms with van der Waals surface area (Å²) in [5.41, 5.74) is -0.526. The molecule has 0 fully saturated rings. The number of allylic oxidation sites excluding steroid dienone is 1. The van der Waals surface area contributed by atoms with E-state index >= 15 is 0 Å². The van der Waals surface area contributed by atoms with Crippen LogP contribution in [0.4, 0.5) is 13.2 Å². The van der Waals surface area contributed by atoms with Crippen LogP contribution < -0.4 is 0 Å². The first kappa shape index (κ1) is 13.3. The molecule has 0 aliphatic heterocycles. The van der Waals surface area contributed by atoms with Crippen LogP contribution >= 0.6 is 0 Å². The Labute approximate surface area is 97.3 Å². The smallest absolute Gasteiger partial charge is 0.383 e. The van der Waals surface area contributed by atoms with Gasteiger partial charge in [0.25, 0.3) is 0 Å². The molecule has 5 heteroatoms. The molecule has 1 aromatic carbocycles. The van der Waals surface area contributed by atoms with Crippen LogP contribution in [0.15, 0.2) is 36.5 Å². The summed E-state index contributed by atoms with van der Waals surface area (Å²) < 4.78 is 36.8. The van der Waals surface area contributed by atoms with Crippen molar-refractivity contribution in [2.45, 2.75) is 6.18 Å². The number of rotatable bonds is 3. The summed E-state index contributed by atoms with van der Waals surface area (Å²) in [5, 5.41) is 0. The zero-order valence-corrected chi connectivity index (χ0v) is 9.45. The predicted molar refractivity (Wildman–Crippen MR) is 58.6 cm³/mol. The molecule has 0 saturated heterocycles. The normalized spacial score (nSPS) is 11.8. The third-order valence-electron chi connectivity index (χ3n) is 2.02. The van der Waals surface area contributed by atoms with E-state index in [-0.39, 0.29) is 11.3 Å². The maximum Gasteiger partial charge on any atom is 0.416 e. The second kappa shape index (κ2) is 5.03. The van der Waals surface area contributed by atoms with E-state index in [1.54, 1.807) is 25.2 Å². The Morgan fingerprint density at radius 3 is 2.12 bits per heavy atom. The van der Waals surface area contributed by atoms with Gasteiger partial charge in [-0.25, -0.2) is 0 Å². The van der Waals surface area contributed by atoms with Gasteiger partial charge in [-0.3, -0.25) is 4.79 Å². The molecular weight excluding hydrogens is 231 g/mol. The molecule has 0 saturated carbocycles. The third-order valence-corrected chi connectivity index (χ3v) is 2.02. The molecule has 0 aromatic heterocycles. The zero-order valence-electron chi connectivity index (χ0n) is 9.45. The van der Waals surface area contributed by atoms with Crippen molar-refractivity contribution in [3.05, 3.63) is 47.7 Å². The molecule has 0 aliphatic carbocycles. The second-order valence-electron chi connectivity index (χ2n) is 3.72. The van der Waals surface area contributed by atoms with Crippen molar-refractivity contribution in [1.82, 2.24) is 4.90 Å². The summed E-state index contributed by atoms with van der Waals surface area (Å²) in [7, 11) is 3.49. The van der Waals surface area contributed by atoms with Gasteiger partial charge < -0.3 is 4.90 Å². The number of ketones is 1. The van der Waals surface area contributed by atoms with Gasteiger partial charge in [-0.1, -0.05) is 12.1 Å².